The summed E-state index contributed by atoms with van der Waals surface area (Å²) in [5.41, 5.74) is -2.96. The van der Waals surface area contributed by atoms with E-state index in [4.69, 9.17) is 23.0 Å². The maximum Gasteiger partial charge on any atom is 0.475 e. The van der Waals surface area contributed by atoms with Gasteiger partial charge < -0.3 is 9.47 Å². The molecule has 1 fully saturated rings. The first kappa shape index (κ1) is 35.7. The van der Waals surface area contributed by atoms with Gasteiger partial charge in [-0.25, -0.2) is 9.56 Å². The molecule has 0 bridgehead atoms. The highest BCUT2D eigenvalue weighted by Crippen LogP contribution is 2.56. The van der Waals surface area contributed by atoms with Crippen LogP contribution in [0.1, 0.15) is 106 Å². The molecule has 1 heterocycles. The second kappa shape index (κ2) is 12.5. The summed E-state index contributed by atoms with van der Waals surface area (Å²) in [6.07, 6.45) is -1.61. The first-order valence-corrected chi connectivity index (χ1v) is 17.1. The number of nitrogens with zero attached hydrogens (tertiary/aromatic N) is 1. The molecule has 2 aliphatic rings. The van der Waals surface area contributed by atoms with Gasteiger partial charge in [0.05, 0.1) is 23.9 Å². The smallest absolute Gasteiger partial charge is 0.475 e. The number of ether oxygens (including phenoxy) is 2. The third-order valence-corrected chi connectivity index (χ3v) is 10.1. The van der Waals surface area contributed by atoms with Crippen molar-refractivity contribution >= 4 is 24.5 Å². The predicted octanol–water partition coefficient (Wildman–Crippen LogP) is 10.2. The van der Waals surface area contributed by atoms with Crippen LogP contribution in [0.2, 0.25) is 0 Å². The highest BCUT2D eigenvalue weighted by molar-refractivity contribution is 7.48. The van der Waals surface area contributed by atoms with Gasteiger partial charge in [-0.15, -0.1) is 0 Å². The van der Waals surface area contributed by atoms with E-state index in [0.717, 1.165) is 25.7 Å². The minimum absolute atomic E-state index is 0.0283. The van der Waals surface area contributed by atoms with Crippen LogP contribution in [-0.2, 0) is 34.6 Å². The van der Waals surface area contributed by atoms with Crippen molar-refractivity contribution in [3.05, 3.63) is 41.5 Å². The Balaban J connectivity index is 1.67. The average Bonchev–Trinajstić information content (AvgIpc) is 3.26. The Bertz CT molecular complexity index is 1430. The molecule has 0 saturated heterocycles. The van der Waals surface area contributed by atoms with Crippen molar-refractivity contribution in [2.24, 2.45) is 16.3 Å². The van der Waals surface area contributed by atoms with E-state index in [-0.39, 0.29) is 35.9 Å². The molecule has 1 saturated carbocycles. The zero-order valence-corrected chi connectivity index (χ0v) is 29.2. The van der Waals surface area contributed by atoms with Gasteiger partial charge in [-0.1, -0.05) is 39.0 Å². The summed E-state index contributed by atoms with van der Waals surface area (Å²) in [7, 11) is -4.10. The normalized spacial score (nSPS) is 23.6. The minimum atomic E-state index is -4.63. The molecule has 1 aliphatic heterocycles. The number of phosphoric acid groups is 1. The van der Waals surface area contributed by atoms with Gasteiger partial charge in [0.2, 0.25) is 0 Å². The molecule has 0 spiro atoms. The number of phosphoric ester groups is 1. The third-order valence-electron chi connectivity index (χ3n) is 8.12. The molecule has 1 atom stereocenters. The number of benzene rings is 2. The maximum atomic E-state index is 14.6. The molecule has 2 aromatic carbocycles. The molecule has 0 radical (unpaired) electrons. The third kappa shape index (κ3) is 9.03. The van der Waals surface area contributed by atoms with Gasteiger partial charge in [-0.05, 0) is 107 Å². The van der Waals surface area contributed by atoms with Gasteiger partial charge in [0.15, 0.2) is 5.90 Å². The Labute approximate surface area is 265 Å². The van der Waals surface area contributed by atoms with Crippen LogP contribution in [0.15, 0.2) is 35.3 Å². The van der Waals surface area contributed by atoms with Crippen LogP contribution in [0.25, 0.3) is 10.8 Å². The van der Waals surface area contributed by atoms with E-state index in [1.54, 1.807) is 66.7 Å². The molecule has 4 rings (SSSR count). The Morgan fingerprint density at radius 1 is 0.911 bits per heavy atom. The Morgan fingerprint density at radius 3 is 2.00 bits per heavy atom. The molecule has 7 nitrogen and oxygen atoms in total. The topological polar surface area (TPSA) is 75.6 Å². The van der Waals surface area contributed by atoms with E-state index < -0.39 is 36.3 Å². The van der Waals surface area contributed by atoms with Crippen molar-refractivity contribution in [3.8, 4) is 5.75 Å². The van der Waals surface area contributed by atoms with Gasteiger partial charge in [0.1, 0.15) is 23.5 Å². The number of hydrogen-bond donors (Lipinski definition) is 0. The largest absolute Gasteiger partial charge is 0.490 e. The molecule has 11 heteroatoms. The molecular formula is C34H49F3NO6P. The number of alkyl halides is 3. The molecule has 252 valence electrons. The SMILES string of the molecule is CC1=NC(COP(=O)(OC(C)(C)C)OC(C)(C)C)(c2ccc3c(C(F)(F)F)c(OC4CCC(C(C)(C)C)CC4)ccc3c2)CO1. The monoisotopic (exact) mass is 655 g/mol. The minimum Gasteiger partial charge on any atom is -0.490 e. The van der Waals surface area contributed by atoms with Gasteiger partial charge in [-0.3, -0.25) is 13.6 Å². The van der Waals surface area contributed by atoms with E-state index in [0.29, 0.717) is 22.8 Å². The highest BCUT2D eigenvalue weighted by Gasteiger charge is 2.45. The summed E-state index contributed by atoms with van der Waals surface area (Å²) in [5.74, 6) is 0.742. The first-order chi connectivity index (χ1) is 20.5. The van der Waals surface area contributed by atoms with Crippen LogP contribution in [0.5, 0.6) is 5.75 Å². The van der Waals surface area contributed by atoms with Gasteiger partial charge in [-0.2, -0.15) is 13.2 Å². The molecule has 0 amide bonds. The van der Waals surface area contributed by atoms with Gasteiger partial charge in [0, 0.05) is 6.92 Å². The summed E-state index contributed by atoms with van der Waals surface area (Å²) in [6.45, 7) is 18.5. The summed E-state index contributed by atoms with van der Waals surface area (Å²) in [5, 5.41) is 0.392. The summed E-state index contributed by atoms with van der Waals surface area (Å²) in [4.78, 5) is 4.67. The summed E-state index contributed by atoms with van der Waals surface area (Å²) >= 11 is 0. The number of aliphatic imine (C=N–C) groups is 1. The van der Waals surface area contributed by atoms with Crippen LogP contribution < -0.4 is 4.74 Å². The Hall–Kier alpha value is -2.13. The fourth-order valence-electron chi connectivity index (χ4n) is 6.04. The van der Waals surface area contributed by atoms with Crippen molar-refractivity contribution in [1.29, 1.82) is 0 Å². The Kier molecular flexibility index (Phi) is 9.90. The van der Waals surface area contributed by atoms with E-state index in [2.05, 4.69) is 25.8 Å². The van der Waals surface area contributed by atoms with Crippen LogP contribution in [0.4, 0.5) is 13.2 Å². The fourth-order valence-corrected chi connectivity index (χ4v) is 7.90. The number of fused-ring (bicyclic) bond motifs is 1. The number of rotatable bonds is 8. The van der Waals surface area contributed by atoms with Gasteiger partial charge in [0.25, 0.3) is 0 Å². The molecule has 2 aromatic rings. The molecule has 1 unspecified atom stereocenters. The number of hydrogen-bond acceptors (Lipinski definition) is 7. The van der Waals surface area contributed by atoms with Gasteiger partial charge >= 0.3 is 14.0 Å². The van der Waals surface area contributed by atoms with Crippen LogP contribution in [0.3, 0.4) is 0 Å². The van der Waals surface area contributed by atoms with E-state index in [9.17, 15) is 17.7 Å². The van der Waals surface area contributed by atoms with Crippen molar-refractivity contribution in [2.45, 2.75) is 124 Å². The average molecular weight is 656 g/mol. The summed E-state index contributed by atoms with van der Waals surface area (Å²) in [6, 6.07) is 7.74. The summed E-state index contributed by atoms with van der Waals surface area (Å²) < 4.78 is 86.8. The van der Waals surface area contributed by atoms with E-state index in [1.165, 1.54) is 12.1 Å². The zero-order valence-electron chi connectivity index (χ0n) is 28.3. The van der Waals surface area contributed by atoms with Crippen molar-refractivity contribution in [2.75, 3.05) is 13.2 Å². The van der Waals surface area contributed by atoms with E-state index in [1.807, 2.05) is 0 Å². The molecule has 0 aromatic heterocycles. The predicted molar refractivity (Wildman–Crippen MR) is 171 cm³/mol. The lowest BCUT2D eigenvalue weighted by atomic mass is 9.72. The lowest BCUT2D eigenvalue weighted by Gasteiger charge is -2.37. The lowest BCUT2D eigenvalue weighted by molar-refractivity contribution is -0.138. The van der Waals surface area contributed by atoms with Crippen LogP contribution >= 0.6 is 7.82 Å². The molecule has 45 heavy (non-hydrogen) atoms. The second-order valence-corrected chi connectivity index (χ2v) is 16.9. The standard InChI is InChI=1S/C34H49F3NO6P/c1-22-38-33(20-40-22,21-41-45(39,43-31(5,6)7)44-32(8,9)10)25-14-17-27-23(19-25)11-18-28(29(27)34(35,36)37)42-26-15-12-24(13-16-26)30(2,3)4/h11,14,17-19,24,26H,12-13,15-16,20-21H2,1-10H3. The quantitative estimate of drug-likeness (QED) is 0.264. The number of halogens is 3. The molecule has 1 aliphatic carbocycles. The fraction of sp³-hybridized carbons (Fsp3) is 0.676. The molecule has 0 N–H and O–H groups in total. The van der Waals surface area contributed by atoms with Crippen LogP contribution in [0, 0.1) is 11.3 Å². The van der Waals surface area contributed by atoms with E-state index >= 15 is 0 Å². The lowest BCUT2D eigenvalue weighted by Crippen LogP contribution is -2.33. The van der Waals surface area contributed by atoms with Crippen molar-refractivity contribution in [3.63, 3.8) is 0 Å². The zero-order chi connectivity index (χ0) is 33.6. The highest BCUT2D eigenvalue weighted by atomic mass is 31.2. The van der Waals surface area contributed by atoms with Crippen molar-refractivity contribution in [1.82, 2.24) is 0 Å². The second-order valence-electron chi connectivity index (χ2n) is 15.4. The van der Waals surface area contributed by atoms with Crippen LogP contribution in [-0.4, -0.2) is 36.4 Å². The Morgan fingerprint density at radius 2 is 1.51 bits per heavy atom. The maximum absolute atomic E-state index is 14.6. The molecular weight excluding hydrogens is 606 g/mol. The first-order valence-electron chi connectivity index (χ1n) is 15.7. The van der Waals surface area contributed by atoms with Crippen molar-refractivity contribution < 1.29 is 40.8 Å².